The smallest absolute Gasteiger partial charge is 0.122 e. The van der Waals surface area contributed by atoms with Crippen LogP contribution in [0.25, 0.3) is 0 Å². The van der Waals surface area contributed by atoms with Crippen LogP contribution in [0.15, 0.2) is 18.2 Å². The number of methoxy groups -OCH3 is 1. The summed E-state index contributed by atoms with van der Waals surface area (Å²) in [6.45, 7) is 7.93. The van der Waals surface area contributed by atoms with Gasteiger partial charge in [0.05, 0.1) is 20.3 Å². The van der Waals surface area contributed by atoms with Crippen molar-refractivity contribution in [2.45, 2.75) is 20.3 Å². The van der Waals surface area contributed by atoms with Crippen molar-refractivity contribution in [3.8, 4) is 5.75 Å². The topological polar surface area (TPSA) is 30.5 Å². The first-order chi connectivity index (χ1) is 8.63. The standard InChI is InChI=1S/C15H23NO2/c1-12-4-5-14(17-3)13(8-12)9-15(2)10-16-6-7-18-11-15/h4-5,8,16H,6-7,9-11H2,1-3H3. The highest BCUT2D eigenvalue weighted by Gasteiger charge is 2.27. The summed E-state index contributed by atoms with van der Waals surface area (Å²) in [7, 11) is 1.73. The Hall–Kier alpha value is -1.06. The SMILES string of the molecule is COc1ccc(C)cc1CC1(C)CNCCOC1. The molecule has 1 aromatic rings. The molecular formula is C15H23NO2. The number of benzene rings is 1. The van der Waals surface area contributed by atoms with Crippen LogP contribution in [-0.2, 0) is 11.2 Å². The normalized spacial score (nSPS) is 24.6. The molecule has 0 aromatic heterocycles. The Morgan fingerprint density at radius 3 is 3.06 bits per heavy atom. The van der Waals surface area contributed by atoms with Gasteiger partial charge in [0.15, 0.2) is 0 Å². The number of hydrogen-bond acceptors (Lipinski definition) is 3. The number of nitrogens with one attached hydrogen (secondary N) is 1. The fourth-order valence-electron chi connectivity index (χ4n) is 2.52. The highest BCUT2D eigenvalue weighted by atomic mass is 16.5. The molecule has 0 amide bonds. The molecule has 3 nitrogen and oxygen atoms in total. The Morgan fingerprint density at radius 2 is 2.28 bits per heavy atom. The lowest BCUT2D eigenvalue weighted by Gasteiger charge is -2.28. The molecule has 1 aromatic carbocycles. The summed E-state index contributed by atoms with van der Waals surface area (Å²) in [6.07, 6.45) is 0.977. The van der Waals surface area contributed by atoms with E-state index in [1.165, 1.54) is 11.1 Å². The number of ether oxygens (including phenoxy) is 2. The Labute approximate surface area is 109 Å². The Balaban J connectivity index is 2.18. The van der Waals surface area contributed by atoms with Crippen LogP contribution in [-0.4, -0.2) is 33.4 Å². The van der Waals surface area contributed by atoms with Crippen LogP contribution in [0, 0.1) is 12.3 Å². The Morgan fingerprint density at radius 1 is 1.44 bits per heavy atom. The van der Waals surface area contributed by atoms with Gasteiger partial charge < -0.3 is 14.8 Å². The van der Waals surface area contributed by atoms with E-state index in [1.54, 1.807) is 7.11 Å². The number of aryl methyl sites for hydroxylation is 1. The lowest BCUT2D eigenvalue weighted by Crippen LogP contribution is -2.34. The molecule has 0 aliphatic carbocycles. The van der Waals surface area contributed by atoms with Crippen molar-refractivity contribution in [3.05, 3.63) is 29.3 Å². The maximum absolute atomic E-state index is 5.68. The van der Waals surface area contributed by atoms with Gasteiger partial charge in [0.2, 0.25) is 0 Å². The second-order valence-corrected chi connectivity index (χ2v) is 5.53. The molecule has 1 fully saturated rings. The van der Waals surface area contributed by atoms with Crippen LogP contribution in [0.4, 0.5) is 0 Å². The summed E-state index contributed by atoms with van der Waals surface area (Å²) in [4.78, 5) is 0. The van der Waals surface area contributed by atoms with Crippen molar-refractivity contribution in [2.24, 2.45) is 5.41 Å². The Bertz CT molecular complexity index is 395. The second kappa shape index (κ2) is 5.72. The van der Waals surface area contributed by atoms with Crippen molar-refractivity contribution in [1.82, 2.24) is 5.32 Å². The van der Waals surface area contributed by atoms with E-state index in [4.69, 9.17) is 9.47 Å². The molecule has 2 rings (SSSR count). The highest BCUT2D eigenvalue weighted by molar-refractivity contribution is 5.37. The molecule has 1 heterocycles. The van der Waals surface area contributed by atoms with Gasteiger partial charge >= 0.3 is 0 Å². The lowest BCUT2D eigenvalue weighted by molar-refractivity contribution is 0.0793. The molecule has 0 saturated carbocycles. The summed E-state index contributed by atoms with van der Waals surface area (Å²) in [5, 5.41) is 3.44. The first-order valence-corrected chi connectivity index (χ1v) is 6.55. The average molecular weight is 249 g/mol. The monoisotopic (exact) mass is 249 g/mol. The van der Waals surface area contributed by atoms with E-state index in [0.717, 1.165) is 38.5 Å². The van der Waals surface area contributed by atoms with Gasteiger partial charge in [0, 0.05) is 18.5 Å². The van der Waals surface area contributed by atoms with Crippen LogP contribution in [0.2, 0.25) is 0 Å². The van der Waals surface area contributed by atoms with Gasteiger partial charge in [-0.15, -0.1) is 0 Å². The van der Waals surface area contributed by atoms with Crippen LogP contribution in [0.3, 0.4) is 0 Å². The fraction of sp³-hybridized carbons (Fsp3) is 0.600. The zero-order valence-corrected chi connectivity index (χ0v) is 11.6. The van der Waals surface area contributed by atoms with Gasteiger partial charge in [-0.05, 0) is 25.0 Å². The molecule has 1 atom stereocenters. The molecule has 0 radical (unpaired) electrons. The Kier molecular flexibility index (Phi) is 4.25. The van der Waals surface area contributed by atoms with Crippen molar-refractivity contribution in [2.75, 3.05) is 33.4 Å². The van der Waals surface area contributed by atoms with Crippen LogP contribution >= 0.6 is 0 Å². The third-order valence-corrected chi connectivity index (χ3v) is 3.48. The predicted molar refractivity (Wildman–Crippen MR) is 73.2 cm³/mol. The molecule has 18 heavy (non-hydrogen) atoms. The summed E-state index contributed by atoms with van der Waals surface area (Å²) in [5.41, 5.74) is 2.68. The van der Waals surface area contributed by atoms with Gasteiger partial charge in [-0.2, -0.15) is 0 Å². The summed E-state index contributed by atoms with van der Waals surface area (Å²) in [5.74, 6) is 0.978. The fourth-order valence-corrected chi connectivity index (χ4v) is 2.52. The number of rotatable bonds is 3. The van der Waals surface area contributed by atoms with Crippen LogP contribution in [0.1, 0.15) is 18.1 Å². The first kappa shape index (κ1) is 13.4. The minimum Gasteiger partial charge on any atom is -0.496 e. The van der Waals surface area contributed by atoms with Gasteiger partial charge in [-0.3, -0.25) is 0 Å². The van der Waals surface area contributed by atoms with E-state index in [9.17, 15) is 0 Å². The molecule has 1 saturated heterocycles. The molecular weight excluding hydrogens is 226 g/mol. The maximum atomic E-state index is 5.68. The van der Waals surface area contributed by atoms with Crippen LogP contribution < -0.4 is 10.1 Å². The molecule has 0 spiro atoms. The molecule has 1 aliphatic rings. The van der Waals surface area contributed by atoms with Crippen molar-refractivity contribution >= 4 is 0 Å². The van der Waals surface area contributed by atoms with E-state index >= 15 is 0 Å². The maximum Gasteiger partial charge on any atom is 0.122 e. The number of hydrogen-bond donors (Lipinski definition) is 1. The largest absolute Gasteiger partial charge is 0.496 e. The van der Waals surface area contributed by atoms with E-state index < -0.39 is 0 Å². The van der Waals surface area contributed by atoms with E-state index in [0.29, 0.717) is 0 Å². The van der Waals surface area contributed by atoms with Crippen molar-refractivity contribution < 1.29 is 9.47 Å². The van der Waals surface area contributed by atoms with E-state index in [-0.39, 0.29) is 5.41 Å². The summed E-state index contributed by atoms with van der Waals surface area (Å²) < 4.78 is 11.1. The van der Waals surface area contributed by atoms with Crippen molar-refractivity contribution in [3.63, 3.8) is 0 Å². The molecule has 1 N–H and O–H groups in total. The van der Waals surface area contributed by atoms with Crippen molar-refractivity contribution in [1.29, 1.82) is 0 Å². The first-order valence-electron chi connectivity index (χ1n) is 6.55. The van der Waals surface area contributed by atoms with Gasteiger partial charge in [-0.25, -0.2) is 0 Å². The van der Waals surface area contributed by atoms with Gasteiger partial charge in [0.1, 0.15) is 5.75 Å². The lowest BCUT2D eigenvalue weighted by atomic mass is 9.83. The average Bonchev–Trinajstić information content (AvgIpc) is 2.54. The highest BCUT2D eigenvalue weighted by Crippen LogP contribution is 2.29. The molecule has 1 unspecified atom stereocenters. The zero-order chi connectivity index (χ0) is 13.0. The van der Waals surface area contributed by atoms with E-state index in [2.05, 4.69) is 37.4 Å². The summed E-state index contributed by atoms with van der Waals surface area (Å²) >= 11 is 0. The quantitative estimate of drug-likeness (QED) is 0.890. The van der Waals surface area contributed by atoms with Crippen LogP contribution in [0.5, 0.6) is 5.75 Å². The van der Waals surface area contributed by atoms with Gasteiger partial charge in [0.25, 0.3) is 0 Å². The minimum atomic E-state index is 0.136. The second-order valence-electron chi connectivity index (χ2n) is 5.53. The molecule has 3 heteroatoms. The third-order valence-electron chi connectivity index (χ3n) is 3.48. The molecule has 0 bridgehead atoms. The molecule has 100 valence electrons. The van der Waals surface area contributed by atoms with Gasteiger partial charge in [-0.1, -0.05) is 24.6 Å². The zero-order valence-electron chi connectivity index (χ0n) is 11.6. The predicted octanol–water partition coefficient (Wildman–Crippen LogP) is 2.17. The molecule has 1 aliphatic heterocycles. The summed E-state index contributed by atoms with van der Waals surface area (Å²) in [6, 6.07) is 6.36. The van der Waals surface area contributed by atoms with E-state index in [1.807, 2.05) is 0 Å². The third kappa shape index (κ3) is 3.24. The minimum absolute atomic E-state index is 0.136.